The summed E-state index contributed by atoms with van der Waals surface area (Å²) in [5.41, 5.74) is 4.75. The van der Waals surface area contributed by atoms with Crippen molar-refractivity contribution in [3.05, 3.63) is 71.3 Å². The van der Waals surface area contributed by atoms with Gasteiger partial charge in [0.2, 0.25) is 0 Å². The molecule has 2 aromatic carbocycles. The third-order valence-corrected chi connectivity index (χ3v) is 5.95. The molecule has 0 bridgehead atoms. The summed E-state index contributed by atoms with van der Waals surface area (Å²) in [4.78, 5) is 29.3. The molecule has 1 saturated heterocycles. The largest absolute Gasteiger partial charge is 0.366 e. The van der Waals surface area contributed by atoms with Crippen molar-refractivity contribution in [1.29, 1.82) is 0 Å². The van der Waals surface area contributed by atoms with E-state index in [4.69, 9.17) is 12.2 Å². The molecular formula is C24H23N3O2S. The number of anilines is 2. The number of hydrogen-bond donors (Lipinski definition) is 1. The zero-order valence-electron chi connectivity index (χ0n) is 17.4. The summed E-state index contributed by atoms with van der Waals surface area (Å²) >= 11 is 5.24. The molecule has 2 aliphatic rings. The lowest BCUT2D eigenvalue weighted by molar-refractivity contribution is -0.122. The van der Waals surface area contributed by atoms with E-state index in [9.17, 15) is 9.59 Å². The van der Waals surface area contributed by atoms with E-state index < -0.39 is 11.8 Å². The van der Waals surface area contributed by atoms with E-state index in [0.717, 1.165) is 16.8 Å². The Kier molecular flexibility index (Phi) is 4.82. The number of para-hydroxylation sites is 1. The molecule has 1 fully saturated rings. The van der Waals surface area contributed by atoms with Crippen molar-refractivity contribution < 1.29 is 9.59 Å². The fraction of sp³-hybridized carbons (Fsp3) is 0.208. The SMILES string of the molecule is CC1=CC(C)(C)N(C)c2ccc(/C=C3/C(=O)NC(=S)N(c4ccccc4)C3=O)cc21. The number of hydrogen-bond acceptors (Lipinski definition) is 4. The van der Waals surface area contributed by atoms with Gasteiger partial charge in [-0.3, -0.25) is 19.8 Å². The van der Waals surface area contributed by atoms with Gasteiger partial charge in [0.1, 0.15) is 5.57 Å². The summed E-state index contributed by atoms with van der Waals surface area (Å²) in [6.45, 7) is 6.42. The summed E-state index contributed by atoms with van der Waals surface area (Å²) in [5.74, 6) is -0.918. The maximum Gasteiger partial charge on any atom is 0.270 e. The lowest BCUT2D eigenvalue weighted by Gasteiger charge is -2.40. The van der Waals surface area contributed by atoms with Crippen LogP contribution < -0.4 is 15.1 Å². The van der Waals surface area contributed by atoms with E-state index in [2.05, 4.69) is 44.1 Å². The van der Waals surface area contributed by atoms with Crippen LogP contribution in [0.3, 0.4) is 0 Å². The average molecular weight is 418 g/mol. The molecule has 0 aliphatic carbocycles. The Morgan fingerprint density at radius 3 is 2.47 bits per heavy atom. The first-order valence-corrected chi connectivity index (χ1v) is 10.1. The maximum atomic E-state index is 13.1. The molecule has 0 aromatic heterocycles. The van der Waals surface area contributed by atoms with Crippen LogP contribution in [0.15, 0.2) is 60.2 Å². The van der Waals surface area contributed by atoms with Crippen LogP contribution in [0.25, 0.3) is 11.6 Å². The number of nitrogens with one attached hydrogen (secondary N) is 1. The fourth-order valence-electron chi connectivity index (χ4n) is 3.90. The Labute approximate surface area is 181 Å². The molecule has 2 aliphatic heterocycles. The number of carbonyl (C=O) groups excluding carboxylic acids is 2. The van der Waals surface area contributed by atoms with E-state index in [1.54, 1.807) is 18.2 Å². The minimum absolute atomic E-state index is 0.0542. The standard InChI is InChI=1S/C24H23N3O2S/c1-15-14-24(2,3)26(4)20-11-10-16(12-18(15)20)13-19-21(28)25-23(30)27(22(19)29)17-8-6-5-7-9-17/h5-14H,1-4H3,(H,25,28,30)/b19-13-. The molecule has 30 heavy (non-hydrogen) atoms. The maximum absolute atomic E-state index is 13.1. The smallest absolute Gasteiger partial charge is 0.270 e. The molecule has 0 spiro atoms. The highest BCUT2D eigenvalue weighted by Crippen LogP contribution is 2.38. The summed E-state index contributed by atoms with van der Waals surface area (Å²) in [5, 5.41) is 2.71. The summed E-state index contributed by atoms with van der Waals surface area (Å²) in [6, 6.07) is 15.0. The van der Waals surface area contributed by atoms with Gasteiger partial charge in [-0.15, -0.1) is 0 Å². The van der Waals surface area contributed by atoms with Gasteiger partial charge in [0, 0.05) is 18.3 Å². The van der Waals surface area contributed by atoms with Gasteiger partial charge in [-0.25, -0.2) is 0 Å². The number of amides is 2. The van der Waals surface area contributed by atoms with Crippen LogP contribution >= 0.6 is 12.2 Å². The molecule has 1 N–H and O–H groups in total. The average Bonchev–Trinajstić information content (AvgIpc) is 2.70. The van der Waals surface area contributed by atoms with E-state index >= 15 is 0 Å². The third-order valence-electron chi connectivity index (χ3n) is 5.67. The van der Waals surface area contributed by atoms with Crippen LogP contribution in [0.5, 0.6) is 0 Å². The van der Waals surface area contributed by atoms with Crippen LogP contribution in [0.4, 0.5) is 11.4 Å². The predicted molar refractivity (Wildman–Crippen MR) is 125 cm³/mol. The third kappa shape index (κ3) is 3.33. The van der Waals surface area contributed by atoms with Crippen molar-refractivity contribution in [2.24, 2.45) is 0 Å². The molecule has 4 rings (SSSR count). The molecule has 0 saturated carbocycles. The summed E-state index contributed by atoms with van der Waals surface area (Å²) < 4.78 is 0. The Bertz CT molecular complexity index is 1130. The van der Waals surface area contributed by atoms with Crippen LogP contribution in [0.1, 0.15) is 31.9 Å². The number of benzene rings is 2. The molecule has 2 amide bonds. The number of likely N-dealkylation sites (N-methyl/N-ethyl adjacent to an activating group) is 1. The zero-order chi connectivity index (χ0) is 21.6. The monoisotopic (exact) mass is 417 g/mol. The minimum Gasteiger partial charge on any atom is -0.366 e. The zero-order valence-corrected chi connectivity index (χ0v) is 18.2. The molecule has 5 nitrogen and oxygen atoms in total. The number of nitrogens with zero attached hydrogens (tertiary/aromatic N) is 2. The topological polar surface area (TPSA) is 52.7 Å². The van der Waals surface area contributed by atoms with Crippen molar-refractivity contribution in [1.82, 2.24) is 5.32 Å². The van der Waals surface area contributed by atoms with Gasteiger partial charge < -0.3 is 4.90 Å². The van der Waals surface area contributed by atoms with Crippen LogP contribution in [0, 0.1) is 0 Å². The van der Waals surface area contributed by atoms with Crippen molar-refractivity contribution >= 4 is 52.2 Å². The first kappa shape index (κ1) is 20.0. The predicted octanol–water partition coefficient (Wildman–Crippen LogP) is 4.15. The van der Waals surface area contributed by atoms with Crippen molar-refractivity contribution in [2.75, 3.05) is 16.8 Å². The molecule has 2 heterocycles. The summed E-state index contributed by atoms with van der Waals surface area (Å²) in [7, 11) is 2.07. The molecule has 6 heteroatoms. The first-order valence-electron chi connectivity index (χ1n) is 9.73. The Morgan fingerprint density at radius 2 is 1.77 bits per heavy atom. The van der Waals surface area contributed by atoms with Crippen molar-refractivity contribution in [2.45, 2.75) is 26.3 Å². The highest BCUT2D eigenvalue weighted by Gasteiger charge is 2.34. The molecular weight excluding hydrogens is 394 g/mol. The normalized spacial score (nSPS) is 19.5. The number of rotatable bonds is 2. The van der Waals surface area contributed by atoms with Gasteiger partial charge >= 0.3 is 0 Å². The van der Waals surface area contributed by atoms with Crippen LogP contribution in [-0.4, -0.2) is 29.5 Å². The van der Waals surface area contributed by atoms with Gasteiger partial charge in [-0.2, -0.15) is 0 Å². The van der Waals surface area contributed by atoms with E-state index in [0.29, 0.717) is 5.69 Å². The Balaban J connectivity index is 1.74. The highest BCUT2D eigenvalue weighted by atomic mass is 32.1. The van der Waals surface area contributed by atoms with E-state index in [1.807, 2.05) is 36.4 Å². The fourth-order valence-corrected chi connectivity index (χ4v) is 4.18. The number of thiocarbonyl (C=S) groups is 1. The van der Waals surface area contributed by atoms with Gasteiger partial charge in [0.05, 0.1) is 11.2 Å². The van der Waals surface area contributed by atoms with Gasteiger partial charge in [0.25, 0.3) is 11.8 Å². The quantitative estimate of drug-likeness (QED) is 0.453. The van der Waals surface area contributed by atoms with E-state index in [1.165, 1.54) is 10.5 Å². The number of allylic oxidation sites excluding steroid dienone is 1. The lowest BCUT2D eigenvalue weighted by atomic mass is 9.88. The van der Waals surface area contributed by atoms with Crippen molar-refractivity contribution in [3.63, 3.8) is 0 Å². The highest BCUT2D eigenvalue weighted by molar-refractivity contribution is 7.80. The van der Waals surface area contributed by atoms with Gasteiger partial charge in [0.15, 0.2) is 5.11 Å². The molecule has 0 unspecified atom stereocenters. The Hall–Kier alpha value is -3.25. The second kappa shape index (κ2) is 7.22. The number of fused-ring (bicyclic) bond motifs is 1. The van der Waals surface area contributed by atoms with Crippen LogP contribution in [-0.2, 0) is 9.59 Å². The molecule has 2 aromatic rings. The van der Waals surface area contributed by atoms with Crippen LogP contribution in [0.2, 0.25) is 0 Å². The van der Waals surface area contributed by atoms with E-state index in [-0.39, 0.29) is 16.2 Å². The second-order valence-corrected chi connectivity index (χ2v) is 8.50. The summed E-state index contributed by atoms with van der Waals surface area (Å²) in [6.07, 6.45) is 3.85. The lowest BCUT2D eigenvalue weighted by Crippen LogP contribution is -2.54. The molecule has 152 valence electrons. The molecule has 0 atom stereocenters. The minimum atomic E-state index is -0.486. The Morgan fingerprint density at radius 1 is 1.07 bits per heavy atom. The van der Waals surface area contributed by atoms with Gasteiger partial charge in [-0.05, 0) is 74.5 Å². The molecule has 0 radical (unpaired) electrons. The van der Waals surface area contributed by atoms with Crippen molar-refractivity contribution in [3.8, 4) is 0 Å². The van der Waals surface area contributed by atoms with Gasteiger partial charge in [-0.1, -0.05) is 30.3 Å². The second-order valence-electron chi connectivity index (χ2n) is 8.11. The first-order chi connectivity index (χ1) is 14.2. The number of carbonyl (C=O) groups is 2.